The van der Waals surface area contributed by atoms with E-state index < -0.39 is 32.8 Å². The first kappa shape index (κ1) is 17.5. The van der Waals surface area contributed by atoms with Gasteiger partial charge in [-0.05, 0) is 30.3 Å². The molecule has 1 aliphatic heterocycles. The van der Waals surface area contributed by atoms with Gasteiger partial charge in [0.15, 0.2) is 0 Å². The van der Waals surface area contributed by atoms with E-state index in [2.05, 4.69) is 4.74 Å². The molecule has 3 rings (SSSR count). The molecule has 0 radical (unpaired) electrons. The van der Waals surface area contributed by atoms with E-state index in [-0.39, 0.29) is 23.0 Å². The van der Waals surface area contributed by atoms with Crippen LogP contribution in [0.1, 0.15) is 0 Å². The van der Waals surface area contributed by atoms with Crippen molar-refractivity contribution in [2.24, 2.45) is 0 Å². The summed E-state index contributed by atoms with van der Waals surface area (Å²) in [4.78, 5) is 11.3. The standard InChI is InChI=1S/C16H13ClFNO5S/c1-23-16(20)14-9-19(12-4-2-3-5-13(12)24-14)25(21,22)15-7-6-10(17)8-11(15)18/h2-8,14H,9H2,1H3/t14-/m1/s1. The highest BCUT2D eigenvalue weighted by Crippen LogP contribution is 2.37. The molecule has 0 unspecified atom stereocenters. The van der Waals surface area contributed by atoms with Gasteiger partial charge in [0.1, 0.15) is 16.5 Å². The van der Waals surface area contributed by atoms with Gasteiger partial charge in [-0.3, -0.25) is 4.31 Å². The molecule has 0 aliphatic carbocycles. The highest BCUT2D eigenvalue weighted by Gasteiger charge is 2.38. The second-order valence-corrected chi connectivity index (χ2v) is 7.48. The summed E-state index contributed by atoms with van der Waals surface area (Å²) in [5.74, 6) is -1.53. The van der Waals surface area contributed by atoms with Crippen molar-refractivity contribution < 1.29 is 27.1 Å². The summed E-state index contributed by atoms with van der Waals surface area (Å²) in [6.45, 7) is -0.339. The summed E-state index contributed by atoms with van der Waals surface area (Å²) in [6.07, 6.45) is -1.16. The topological polar surface area (TPSA) is 72.9 Å². The van der Waals surface area contributed by atoms with Gasteiger partial charge in [0, 0.05) is 5.02 Å². The Morgan fingerprint density at radius 3 is 2.72 bits per heavy atom. The van der Waals surface area contributed by atoms with E-state index in [1.54, 1.807) is 12.1 Å². The first-order valence-electron chi connectivity index (χ1n) is 7.16. The van der Waals surface area contributed by atoms with Gasteiger partial charge in [-0.2, -0.15) is 0 Å². The van der Waals surface area contributed by atoms with E-state index in [1.807, 2.05) is 0 Å². The van der Waals surface area contributed by atoms with Crippen molar-refractivity contribution in [3.63, 3.8) is 0 Å². The summed E-state index contributed by atoms with van der Waals surface area (Å²) >= 11 is 5.69. The average Bonchev–Trinajstić information content (AvgIpc) is 2.59. The van der Waals surface area contributed by atoms with Crippen molar-refractivity contribution >= 4 is 33.3 Å². The molecule has 2 aromatic rings. The van der Waals surface area contributed by atoms with Gasteiger partial charge in [-0.25, -0.2) is 17.6 Å². The van der Waals surface area contributed by atoms with E-state index in [0.29, 0.717) is 0 Å². The van der Waals surface area contributed by atoms with Crippen molar-refractivity contribution in [2.45, 2.75) is 11.0 Å². The van der Waals surface area contributed by atoms with Crippen LogP contribution in [-0.2, 0) is 19.6 Å². The highest BCUT2D eigenvalue weighted by atomic mass is 35.5. The Kier molecular flexibility index (Phi) is 4.57. The Balaban J connectivity index is 2.12. The number of sulfonamides is 1. The molecule has 1 heterocycles. The number of anilines is 1. The molecule has 6 nitrogen and oxygen atoms in total. The molecular formula is C16H13ClFNO5S. The lowest BCUT2D eigenvalue weighted by Gasteiger charge is -2.34. The van der Waals surface area contributed by atoms with Crippen LogP contribution in [0.5, 0.6) is 5.75 Å². The van der Waals surface area contributed by atoms with Crippen LogP contribution in [0.15, 0.2) is 47.4 Å². The van der Waals surface area contributed by atoms with Crippen LogP contribution in [0.4, 0.5) is 10.1 Å². The molecule has 0 bridgehead atoms. The van der Waals surface area contributed by atoms with Crippen molar-refractivity contribution in [1.82, 2.24) is 0 Å². The molecule has 1 aliphatic rings. The fourth-order valence-corrected chi connectivity index (χ4v) is 4.17. The minimum Gasteiger partial charge on any atom is -0.475 e. The second-order valence-electron chi connectivity index (χ2n) is 5.21. The molecule has 0 amide bonds. The fourth-order valence-electron chi connectivity index (χ4n) is 2.49. The number of carbonyl (C=O) groups is 1. The molecule has 0 saturated heterocycles. The van der Waals surface area contributed by atoms with Crippen LogP contribution >= 0.6 is 11.6 Å². The number of para-hydroxylation sites is 2. The van der Waals surface area contributed by atoms with Crippen LogP contribution in [0.3, 0.4) is 0 Å². The van der Waals surface area contributed by atoms with E-state index in [9.17, 15) is 17.6 Å². The summed E-state index contributed by atoms with van der Waals surface area (Å²) in [5.41, 5.74) is 0.206. The van der Waals surface area contributed by atoms with Crippen molar-refractivity contribution in [3.05, 3.63) is 53.3 Å². The molecule has 0 spiro atoms. The number of rotatable bonds is 3. The van der Waals surface area contributed by atoms with E-state index >= 15 is 0 Å². The fraction of sp³-hybridized carbons (Fsp3) is 0.188. The average molecular weight is 386 g/mol. The van der Waals surface area contributed by atoms with E-state index in [4.69, 9.17) is 16.3 Å². The zero-order valence-electron chi connectivity index (χ0n) is 13.0. The number of fused-ring (bicyclic) bond motifs is 1. The Labute approximate surface area is 148 Å². The van der Waals surface area contributed by atoms with Crippen LogP contribution in [0, 0.1) is 5.82 Å². The lowest BCUT2D eigenvalue weighted by molar-refractivity contribution is -0.148. The van der Waals surface area contributed by atoms with Crippen LogP contribution in [0.2, 0.25) is 5.02 Å². The lowest BCUT2D eigenvalue weighted by atomic mass is 10.2. The molecule has 2 aromatic carbocycles. The Morgan fingerprint density at radius 2 is 2.04 bits per heavy atom. The van der Waals surface area contributed by atoms with Gasteiger partial charge in [0.05, 0.1) is 19.3 Å². The third kappa shape index (κ3) is 3.14. The van der Waals surface area contributed by atoms with E-state index in [0.717, 1.165) is 16.4 Å². The minimum atomic E-state index is -4.29. The third-order valence-corrected chi connectivity index (χ3v) is 5.71. The molecular weight excluding hydrogens is 373 g/mol. The van der Waals surface area contributed by atoms with Crippen LogP contribution in [-0.4, -0.2) is 34.1 Å². The van der Waals surface area contributed by atoms with Crippen molar-refractivity contribution in [2.75, 3.05) is 18.0 Å². The largest absolute Gasteiger partial charge is 0.475 e. The smallest absolute Gasteiger partial charge is 0.348 e. The molecule has 25 heavy (non-hydrogen) atoms. The number of nitrogens with zero attached hydrogens (tertiary/aromatic N) is 1. The zero-order valence-corrected chi connectivity index (χ0v) is 14.6. The van der Waals surface area contributed by atoms with Gasteiger partial charge in [-0.15, -0.1) is 0 Å². The number of carbonyl (C=O) groups excluding carboxylic acids is 1. The molecule has 0 fully saturated rings. The molecule has 132 valence electrons. The second kappa shape index (κ2) is 6.53. The normalized spacial score (nSPS) is 16.8. The summed E-state index contributed by atoms with van der Waals surface area (Å²) in [5, 5.41) is 0.0752. The predicted octanol–water partition coefficient (Wildman–Crippen LogP) is 2.61. The highest BCUT2D eigenvalue weighted by molar-refractivity contribution is 7.92. The number of halogens is 2. The molecule has 0 N–H and O–H groups in total. The monoisotopic (exact) mass is 385 g/mol. The van der Waals surface area contributed by atoms with E-state index in [1.165, 1.54) is 25.3 Å². The molecule has 0 aromatic heterocycles. The first-order valence-corrected chi connectivity index (χ1v) is 8.97. The van der Waals surface area contributed by atoms with Crippen LogP contribution < -0.4 is 9.04 Å². The zero-order chi connectivity index (χ0) is 18.2. The van der Waals surface area contributed by atoms with Gasteiger partial charge in [0.2, 0.25) is 6.10 Å². The number of esters is 1. The van der Waals surface area contributed by atoms with Gasteiger partial charge >= 0.3 is 5.97 Å². The summed E-state index contributed by atoms with van der Waals surface area (Å²) in [6, 6.07) is 9.55. The quantitative estimate of drug-likeness (QED) is 0.759. The number of hydrogen-bond acceptors (Lipinski definition) is 5. The number of hydrogen-bond donors (Lipinski definition) is 0. The van der Waals surface area contributed by atoms with Gasteiger partial charge in [-0.1, -0.05) is 23.7 Å². The van der Waals surface area contributed by atoms with Gasteiger partial charge < -0.3 is 9.47 Å². The SMILES string of the molecule is COC(=O)[C@H]1CN(S(=O)(=O)c2ccc(Cl)cc2F)c2ccccc2O1. The Morgan fingerprint density at radius 1 is 1.32 bits per heavy atom. The van der Waals surface area contributed by atoms with Gasteiger partial charge in [0.25, 0.3) is 10.0 Å². The molecule has 0 saturated carbocycles. The van der Waals surface area contributed by atoms with Crippen molar-refractivity contribution in [3.8, 4) is 5.75 Å². The maximum atomic E-state index is 14.2. The predicted molar refractivity (Wildman–Crippen MR) is 88.8 cm³/mol. The minimum absolute atomic E-state index is 0.0752. The number of methoxy groups -OCH3 is 1. The third-order valence-electron chi connectivity index (χ3n) is 3.66. The number of benzene rings is 2. The summed E-state index contributed by atoms with van der Waals surface area (Å²) < 4.78 is 51.2. The first-order chi connectivity index (χ1) is 11.8. The lowest BCUT2D eigenvalue weighted by Crippen LogP contribution is -2.47. The Hall–Kier alpha value is -2.32. The number of ether oxygens (including phenoxy) is 2. The van der Waals surface area contributed by atoms with Crippen molar-refractivity contribution in [1.29, 1.82) is 0 Å². The molecule has 1 atom stereocenters. The molecule has 9 heteroatoms. The maximum Gasteiger partial charge on any atom is 0.348 e. The van der Waals surface area contributed by atoms with Crippen LogP contribution in [0.25, 0.3) is 0 Å². The Bertz CT molecular complexity index is 934. The summed E-state index contributed by atoms with van der Waals surface area (Å²) in [7, 11) is -3.12. The maximum absolute atomic E-state index is 14.2.